The van der Waals surface area contributed by atoms with Gasteiger partial charge in [-0.15, -0.1) is 0 Å². The lowest BCUT2D eigenvalue weighted by molar-refractivity contribution is -0.205. The van der Waals surface area contributed by atoms with Gasteiger partial charge < -0.3 is 30.2 Å². The number of guanidine groups is 2. The molecule has 4 atom stereocenters. The molecule has 5 heterocycles. The number of halogens is 1. The van der Waals surface area contributed by atoms with Crippen LogP contribution in [0.1, 0.15) is 111 Å². The Morgan fingerprint density at radius 3 is 1.56 bits per heavy atom. The van der Waals surface area contributed by atoms with E-state index < -0.39 is 35.4 Å². The number of aliphatic imine (C=N–C) groups is 2. The highest BCUT2D eigenvalue weighted by atomic mass is 79.9. The van der Waals surface area contributed by atoms with E-state index in [-0.39, 0.29) is 5.60 Å². The predicted molar refractivity (Wildman–Crippen MR) is 317 cm³/mol. The summed E-state index contributed by atoms with van der Waals surface area (Å²) in [6.45, 7) is 22.4. The molecule has 4 spiro atoms. The van der Waals surface area contributed by atoms with Crippen LogP contribution in [-0.2, 0) is 56.1 Å². The van der Waals surface area contributed by atoms with Crippen LogP contribution >= 0.6 is 15.9 Å². The maximum atomic E-state index is 9.45. The average molecular weight is 1160 g/mol. The van der Waals surface area contributed by atoms with Crippen molar-refractivity contribution in [3.05, 3.63) is 193 Å². The first-order valence-corrected chi connectivity index (χ1v) is 28.2. The largest absolute Gasteiger partial charge is 0.493 e. The summed E-state index contributed by atoms with van der Waals surface area (Å²) in [7, 11) is 3.02. The van der Waals surface area contributed by atoms with Gasteiger partial charge in [-0.25, -0.2) is 39.5 Å². The minimum Gasteiger partial charge on any atom is -0.486 e. The maximum absolute atomic E-state index is 9.45. The first-order chi connectivity index (χ1) is 39.2. The van der Waals surface area contributed by atoms with Gasteiger partial charge in [-0.05, 0) is 166 Å². The van der Waals surface area contributed by atoms with Crippen molar-refractivity contribution in [1.29, 1.82) is 10.5 Å². The Kier molecular flexibility index (Phi) is 14.5. The maximum Gasteiger partial charge on any atom is 0.493 e. The molecule has 414 valence electrons. The number of hydrogen-bond donors (Lipinski definition) is 2. The monoisotopic (exact) mass is 1160 g/mol. The van der Waals surface area contributed by atoms with E-state index in [0.29, 0.717) is 52.7 Å². The highest BCUT2D eigenvalue weighted by molar-refractivity contribution is 9.10. The summed E-state index contributed by atoms with van der Waals surface area (Å²) in [6.07, 6.45) is 8.82. The summed E-state index contributed by atoms with van der Waals surface area (Å²) in [5.74, 6) is 2.26. The number of hydroxylamine groups is 4. The number of ether oxygens (including phenoxy) is 2. The van der Waals surface area contributed by atoms with Crippen LogP contribution in [-0.4, -0.2) is 65.7 Å². The van der Waals surface area contributed by atoms with Crippen LogP contribution in [0, 0.1) is 35.8 Å². The van der Waals surface area contributed by atoms with E-state index in [2.05, 4.69) is 86.3 Å². The Morgan fingerprint density at radius 2 is 1.07 bits per heavy atom. The third kappa shape index (κ3) is 10.5. The van der Waals surface area contributed by atoms with Gasteiger partial charge >= 0.3 is 7.12 Å². The molecule has 4 N–H and O–H groups in total. The molecule has 0 radical (unpaired) electrons. The number of nitrogens with zero attached hydrogens (tertiary/aromatic N) is 8. The number of rotatable bonds is 2. The Morgan fingerprint density at radius 1 is 0.598 bits per heavy atom. The van der Waals surface area contributed by atoms with E-state index in [4.69, 9.17) is 68.3 Å². The molecule has 13 rings (SSSR count). The molecule has 6 aromatic carbocycles. The lowest BCUT2D eigenvalue weighted by Crippen LogP contribution is -2.49. The average Bonchev–Trinajstić information content (AvgIpc) is 2.80. The predicted octanol–water partition coefficient (Wildman–Crippen LogP) is 11.5. The summed E-state index contributed by atoms with van der Waals surface area (Å²) in [4.78, 5) is 29.2. The van der Waals surface area contributed by atoms with E-state index in [1.807, 2.05) is 64.1 Å². The first-order valence-electron chi connectivity index (χ1n) is 27.4. The highest BCUT2D eigenvalue weighted by Crippen LogP contribution is 2.55. The molecular weight excluding hydrogens is 1100 g/mol. The number of fused-ring (bicyclic) bond motifs is 6. The van der Waals surface area contributed by atoms with Gasteiger partial charge in [0.25, 0.3) is 0 Å². The Bertz CT molecular complexity index is 3710. The van der Waals surface area contributed by atoms with Gasteiger partial charge in [-0.1, -0.05) is 76.6 Å². The van der Waals surface area contributed by atoms with Gasteiger partial charge in [0, 0.05) is 55.4 Å². The van der Waals surface area contributed by atoms with Crippen LogP contribution in [0.4, 0.5) is 11.4 Å². The van der Waals surface area contributed by atoms with Crippen molar-refractivity contribution in [2.45, 2.75) is 126 Å². The second-order valence-corrected chi connectivity index (χ2v) is 24.1. The zero-order valence-corrected chi connectivity index (χ0v) is 48.3. The molecule has 0 saturated carbocycles. The molecule has 1 saturated heterocycles. The molecule has 5 aliphatic heterocycles. The van der Waals surface area contributed by atoms with Gasteiger partial charge in [-0.3, -0.25) is 0 Å². The van der Waals surface area contributed by atoms with Gasteiger partial charge in [-0.2, -0.15) is 10.5 Å². The third-order valence-corrected chi connectivity index (χ3v) is 17.5. The lowest BCUT2D eigenvalue weighted by atomic mass is 9.78. The molecular formula is C64H62BBrN10O6. The summed E-state index contributed by atoms with van der Waals surface area (Å²) in [6, 6.07) is 43.5. The lowest BCUT2D eigenvalue weighted by Gasteiger charge is -2.45. The normalized spacial score (nSPS) is 24.8. The van der Waals surface area contributed by atoms with Crippen LogP contribution in [0.25, 0.3) is 20.8 Å². The fourth-order valence-electron chi connectivity index (χ4n) is 12.3. The minimum atomic E-state index is -1.02. The van der Waals surface area contributed by atoms with Crippen molar-refractivity contribution in [3.8, 4) is 34.8 Å². The highest BCUT2D eigenvalue weighted by Gasteiger charge is 2.57. The standard InChI is InChI=1S/C29H25N5O2.C21H22BrN3O2.C14H15BN2O2/c1-32-24-13-19(17-30)12-23(14-24)21-9-10-26-25(15-21)29(33-27(31)34(2)36-29)18-28(35-26)11-5-8-20-6-3-4-7-22(20)16-28;1-25-19(23)24-21(27-25)13-20(26-18-9-8-16(22)11-17(18)21)10-4-7-14-5-2-3-6-15(14)12-20;1-13(2)14(3,4)19-15(18-13)11-6-10(9-16)7-12(8-11)17-5/h3-4,6-7,9-10,12-15H,5,8,11,16,18H2,2H3,(H2,31,33);2-3,5-6,8-9,11H,4,7,10,12-13H2,1H3,(H2,23,24);6-8H,1-4H3. The van der Waals surface area contributed by atoms with Gasteiger partial charge in [0.05, 0.1) is 47.6 Å². The van der Waals surface area contributed by atoms with Crippen LogP contribution < -0.4 is 26.4 Å². The van der Waals surface area contributed by atoms with Crippen molar-refractivity contribution in [2.24, 2.45) is 21.5 Å². The Labute approximate surface area is 487 Å². The molecule has 0 amide bonds. The third-order valence-electron chi connectivity index (χ3n) is 17.0. The van der Waals surface area contributed by atoms with Crippen molar-refractivity contribution < 1.29 is 28.5 Å². The van der Waals surface area contributed by atoms with Crippen LogP contribution in [0.2, 0.25) is 0 Å². The van der Waals surface area contributed by atoms with Crippen LogP contribution in [0.3, 0.4) is 0 Å². The Hall–Kier alpha value is -8.20. The smallest absolute Gasteiger partial charge is 0.486 e. The molecule has 16 nitrogen and oxygen atoms in total. The quantitative estimate of drug-likeness (QED) is 0.123. The molecule has 4 unspecified atom stereocenters. The summed E-state index contributed by atoms with van der Waals surface area (Å²) >= 11 is 3.57. The second-order valence-electron chi connectivity index (χ2n) is 23.2. The molecule has 1 fully saturated rings. The number of nitriles is 2. The molecule has 0 aromatic heterocycles. The second kappa shape index (κ2) is 21.3. The van der Waals surface area contributed by atoms with Crippen molar-refractivity contribution in [2.75, 3.05) is 14.1 Å². The van der Waals surface area contributed by atoms with Crippen molar-refractivity contribution in [3.63, 3.8) is 0 Å². The van der Waals surface area contributed by atoms with E-state index in [1.54, 1.807) is 55.6 Å². The SMILES string of the molecule is CN1OC2(CC3(CCCc4ccccc4C3)Oc3ccc(Br)cc32)N=C1N.[C-]#[N+]c1cc(C#N)cc(-c2ccc3c(c2)C2(CC4(CCCc5ccccc5C4)O3)N=C(N)N(C)O2)c1.[C-]#[N+]c1cc(C#N)cc(B2OC(C)(C)C(C)(C)O2)c1. The zero-order valence-electron chi connectivity index (χ0n) is 46.8. The molecule has 6 aromatic rings. The van der Waals surface area contributed by atoms with E-state index in [9.17, 15) is 5.26 Å². The van der Waals surface area contributed by atoms with Crippen molar-refractivity contribution >= 4 is 51.8 Å². The van der Waals surface area contributed by atoms with E-state index in [0.717, 1.165) is 89.6 Å². The molecule has 2 aliphatic carbocycles. The van der Waals surface area contributed by atoms with E-state index >= 15 is 0 Å². The Balaban J connectivity index is 0.000000136. The number of benzene rings is 6. The number of aryl methyl sites for hydroxylation is 2. The van der Waals surface area contributed by atoms with Crippen molar-refractivity contribution in [1.82, 2.24) is 10.1 Å². The molecule has 0 bridgehead atoms. The van der Waals surface area contributed by atoms with Gasteiger partial charge in [0.2, 0.25) is 23.4 Å². The first kappa shape index (κ1) is 55.7. The summed E-state index contributed by atoms with van der Waals surface area (Å²) in [5, 5.41) is 21.5. The van der Waals surface area contributed by atoms with E-state index in [1.165, 1.54) is 27.3 Å². The number of nitrogens with two attached hydrogens (primary N) is 2. The fourth-order valence-corrected chi connectivity index (χ4v) is 12.7. The zero-order chi connectivity index (χ0) is 57.8. The van der Waals surface area contributed by atoms with Crippen LogP contribution in [0.5, 0.6) is 11.5 Å². The molecule has 7 aliphatic rings. The summed E-state index contributed by atoms with van der Waals surface area (Å²) in [5.41, 5.74) is 20.0. The molecule has 82 heavy (non-hydrogen) atoms. The van der Waals surface area contributed by atoms with Crippen LogP contribution in [0.15, 0.2) is 136 Å². The van der Waals surface area contributed by atoms with Gasteiger partial charge in [0.15, 0.2) is 11.4 Å². The fraction of sp³-hybridized carbons (Fsp3) is 0.344. The number of hydrogen-bond acceptors (Lipinski definition) is 14. The molecule has 18 heteroatoms. The topological polar surface area (TPSA) is 195 Å². The summed E-state index contributed by atoms with van der Waals surface area (Å²) < 4.78 is 26.3. The van der Waals surface area contributed by atoms with Gasteiger partial charge in [0.1, 0.15) is 22.7 Å². The minimum absolute atomic E-state index is 0.319.